The second-order valence-corrected chi connectivity index (χ2v) is 3.82. The topological polar surface area (TPSA) is 48.0 Å². The molecule has 1 aromatic carbocycles. The third kappa shape index (κ3) is 1.04. The first-order chi connectivity index (χ1) is 7.68. The number of aryl methyl sites for hydroxylation is 2. The second-order valence-electron chi connectivity index (χ2n) is 3.82. The monoisotopic (exact) mass is 214 g/mol. The maximum absolute atomic E-state index is 11.8. The number of fused-ring (bicyclic) bond motifs is 3. The molecule has 2 heterocycles. The zero-order valence-corrected chi connectivity index (χ0v) is 9.02. The molecule has 0 amide bonds. The SMILES string of the molecule is Cc1nn(C)c2c1oc(=O)c1ccccc12. The number of benzene rings is 1. The Morgan fingerprint density at radius 2 is 1.94 bits per heavy atom. The molecule has 2 aromatic heterocycles. The molecular weight excluding hydrogens is 204 g/mol. The summed E-state index contributed by atoms with van der Waals surface area (Å²) >= 11 is 0. The van der Waals surface area contributed by atoms with Gasteiger partial charge in [0, 0.05) is 12.4 Å². The summed E-state index contributed by atoms with van der Waals surface area (Å²) < 4.78 is 7.03. The zero-order chi connectivity index (χ0) is 11.3. The van der Waals surface area contributed by atoms with Gasteiger partial charge in [-0.15, -0.1) is 0 Å². The van der Waals surface area contributed by atoms with Gasteiger partial charge in [-0.05, 0) is 13.0 Å². The van der Waals surface area contributed by atoms with E-state index in [1.807, 2.05) is 32.2 Å². The standard InChI is InChI=1S/C12H10N2O2/c1-7-11-10(14(2)13-7)8-5-3-4-6-9(8)12(15)16-11/h3-6H,1-2H3. The number of hydrogen-bond acceptors (Lipinski definition) is 3. The predicted molar refractivity (Wildman–Crippen MR) is 61.5 cm³/mol. The average Bonchev–Trinajstić information content (AvgIpc) is 2.55. The lowest BCUT2D eigenvalue weighted by molar-refractivity contribution is 0.567. The minimum Gasteiger partial charge on any atom is -0.419 e. The van der Waals surface area contributed by atoms with Crippen LogP contribution in [-0.2, 0) is 7.05 Å². The fourth-order valence-electron chi connectivity index (χ4n) is 2.07. The Bertz CT molecular complexity index is 753. The minimum absolute atomic E-state index is 0.306. The number of aromatic nitrogens is 2. The average molecular weight is 214 g/mol. The van der Waals surface area contributed by atoms with Gasteiger partial charge in [0.25, 0.3) is 0 Å². The van der Waals surface area contributed by atoms with Gasteiger partial charge in [-0.3, -0.25) is 4.68 Å². The summed E-state index contributed by atoms with van der Waals surface area (Å²) in [6, 6.07) is 7.41. The molecule has 4 heteroatoms. The second kappa shape index (κ2) is 2.95. The molecule has 0 saturated carbocycles. The molecule has 0 spiro atoms. The Kier molecular flexibility index (Phi) is 1.68. The Labute approximate surface area is 91.1 Å². The van der Waals surface area contributed by atoms with Crippen LogP contribution in [-0.4, -0.2) is 9.78 Å². The summed E-state index contributed by atoms with van der Waals surface area (Å²) in [4.78, 5) is 11.8. The van der Waals surface area contributed by atoms with Gasteiger partial charge in [0.05, 0.1) is 5.39 Å². The maximum atomic E-state index is 11.8. The van der Waals surface area contributed by atoms with Crippen molar-refractivity contribution in [3.63, 3.8) is 0 Å². The number of nitrogens with zero attached hydrogens (tertiary/aromatic N) is 2. The van der Waals surface area contributed by atoms with Crippen molar-refractivity contribution >= 4 is 21.9 Å². The van der Waals surface area contributed by atoms with Gasteiger partial charge >= 0.3 is 5.63 Å². The molecule has 0 unspecified atom stereocenters. The Hall–Kier alpha value is -2.10. The van der Waals surface area contributed by atoms with Crippen LogP contribution in [0.15, 0.2) is 33.5 Å². The molecule has 0 aliphatic heterocycles. The van der Waals surface area contributed by atoms with E-state index in [1.165, 1.54) is 0 Å². The van der Waals surface area contributed by atoms with Gasteiger partial charge in [0.1, 0.15) is 11.2 Å². The van der Waals surface area contributed by atoms with Crippen LogP contribution in [0, 0.1) is 6.92 Å². The lowest BCUT2D eigenvalue weighted by Crippen LogP contribution is -2.00. The van der Waals surface area contributed by atoms with Crippen LogP contribution in [0.5, 0.6) is 0 Å². The fourth-order valence-corrected chi connectivity index (χ4v) is 2.07. The van der Waals surface area contributed by atoms with Gasteiger partial charge in [0.2, 0.25) is 0 Å². The lowest BCUT2D eigenvalue weighted by Gasteiger charge is -1.99. The van der Waals surface area contributed by atoms with Crippen molar-refractivity contribution in [3.05, 3.63) is 40.4 Å². The van der Waals surface area contributed by atoms with E-state index >= 15 is 0 Å². The summed E-state index contributed by atoms with van der Waals surface area (Å²) in [6.45, 7) is 1.83. The van der Waals surface area contributed by atoms with Crippen LogP contribution < -0.4 is 5.63 Å². The maximum Gasteiger partial charge on any atom is 0.344 e. The summed E-state index contributed by atoms with van der Waals surface area (Å²) in [5, 5.41) is 5.75. The largest absolute Gasteiger partial charge is 0.419 e. The molecule has 0 atom stereocenters. The van der Waals surface area contributed by atoms with Crippen molar-refractivity contribution < 1.29 is 4.42 Å². The van der Waals surface area contributed by atoms with Gasteiger partial charge in [-0.25, -0.2) is 4.79 Å². The highest BCUT2D eigenvalue weighted by atomic mass is 16.4. The van der Waals surface area contributed by atoms with Crippen LogP contribution in [0.1, 0.15) is 5.69 Å². The minimum atomic E-state index is -0.306. The Balaban J connectivity index is 2.73. The van der Waals surface area contributed by atoms with Gasteiger partial charge in [-0.2, -0.15) is 5.10 Å². The summed E-state index contributed by atoms with van der Waals surface area (Å²) in [6.07, 6.45) is 0. The molecule has 16 heavy (non-hydrogen) atoms. The molecule has 0 bridgehead atoms. The van der Waals surface area contributed by atoms with Crippen molar-refractivity contribution in [2.75, 3.05) is 0 Å². The molecule has 0 saturated heterocycles. The van der Waals surface area contributed by atoms with Crippen LogP contribution in [0.2, 0.25) is 0 Å². The van der Waals surface area contributed by atoms with Crippen molar-refractivity contribution in [3.8, 4) is 0 Å². The van der Waals surface area contributed by atoms with Crippen LogP contribution in [0.25, 0.3) is 21.9 Å². The number of hydrogen-bond donors (Lipinski definition) is 0. The molecule has 4 nitrogen and oxygen atoms in total. The third-order valence-electron chi connectivity index (χ3n) is 2.76. The molecular formula is C12H10N2O2. The smallest absolute Gasteiger partial charge is 0.344 e. The fraction of sp³-hybridized carbons (Fsp3) is 0.167. The van der Waals surface area contributed by atoms with Crippen LogP contribution in [0.4, 0.5) is 0 Å². The molecule has 0 aliphatic carbocycles. The van der Waals surface area contributed by atoms with Gasteiger partial charge in [0.15, 0.2) is 5.58 Å². The first-order valence-electron chi connectivity index (χ1n) is 5.03. The normalized spacial score (nSPS) is 11.4. The lowest BCUT2D eigenvalue weighted by atomic mass is 10.1. The summed E-state index contributed by atoms with van der Waals surface area (Å²) in [5.41, 5.74) is 1.87. The van der Waals surface area contributed by atoms with Crippen molar-refractivity contribution in [2.45, 2.75) is 6.92 Å². The molecule has 0 fully saturated rings. The first kappa shape index (κ1) is 9.15. The van der Waals surface area contributed by atoms with Gasteiger partial charge < -0.3 is 4.42 Å². The zero-order valence-electron chi connectivity index (χ0n) is 9.02. The van der Waals surface area contributed by atoms with E-state index < -0.39 is 0 Å². The van der Waals surface area contributed by atoms with E-state index in [-0.39, 0.29) is 5.63 Å². The van der Waals surface area contributed by atoms with Crippen molar-refractivity contribution in [2.24, 2.45) is 7.05 Å². The van der Waals surface area contributed by atoms with E-state index in [9.17, 15) is 4.79 Å². The number of rotatable bonds is 0. The third-order valence-corrected chi connectivity index (χ3v) is 2.76. The first-order valence-corrected chi connectivity index (χ1v) is 5.03. The van der Waals surface area contributed by atoms with Crippen molar-refractivity contribution in [1.82, 2.24) is 9.78 Å². The molecule has 0 aliphatic rings. The highest BCUT2D eigenvalue weighted by Gasteiger charge is 2.13. The Morgan fingerprint density at radius 3 is 2.69 bits per heavy atom. The molecule has 0 N–H and O–H groups in total. The predicted octanol–water partition coefficient (Wildman–Crippen LogP) is 1.99. The Morgan fingerprint density at radius 1 is 1.25 bits per heavy atom. The van der Waals surface area contributed by atoms with E-state index in [0.29, 0.717) is 11.0 Å². The van der Waals surface area contributed by atoms with E-state index in [0.717, 1.165) is 16.6 Å². The van der Waals surface area contributed by atoms with E-state index in [1.54, 1.807) is 10.7 Å². The van der Waals surface area contributed by atoms with Crippen molar-refractivity contribution in [1.29, 1.82) is 0 Å². The molecule has 0 radical (unpaired) electrons. The quantitative estimate of drug-likeness (QED) is 0.575. The van der Waals surface area contributed by atoms with Gasteiger partial charge in [-0.1, -0.05) is 18.2 Å². The van der Waals surface area contributed by atoms with Crippen LogP contribution in [0.3, 0.4) is 0 Å². The van der Waals surface area contributed by atoms with E-state index in [4.69, 9.17) is 4.42 Å². The molecule has 3 aromatic rings. The molecule has 80 valence electrons. The van der Waals surface area contributed by atoms with E-state index in [2.05, 4.69) is 5.10 Å². The molecule has 3 rings (SSSR count). The summed E-state index contributed by atoms with van der Waals surface area (Å²) in [7, 11) is 1.85. The summed E-state index contributed by atoms with van der Waals surface area (Å²) in [5.74, 6) is 0. The highest BCUT2D eigenvalue weighted by molar-refractivity contribution is 6.02. The van der Waals surface area contributed by atoms with Crippen LogP contribution >= 0.6 is 0 Å². The highest BCUT2D eigenvalue weighted by Crippen LogP contribution is 2.23.